The van der Waals surface area contributed by atoms with Crippen LogP contribution in [0.5, 0.6) is 0 Å². The van der Waals surface area contributed by atoms with Crippen LogP contribution in [0, 0.1) is 5.92 Å². The first-order valence-corrected chi connectivity index (χ1v) is 18.1. The van der Waals surface area contributed by atoms with E-state index in [9.17, 15) is 9.59 Å². The molecule has 1 N–H and O–H groups in total. The van der Waals surface area contributed by atoms with Gasteiger partial charge >= 0.3 is 5.97 Å². The number of carbonyl (C=O) groups is 2. The van der Waals surface area contributed by atoms with Gasteiger partial charge in [-0.2, -0.15) is 23.5 Å². The molecule has 0 spiro atoms. The molecule has 43 heavy (non-hydrogen) atoms. The van der Waals surface area contributed by atoms with Gasteiger partial charge < -0.3 is 14.8 Å². The summed E-state index contributed by atoms with van der Waals surface area (Å²) in [6.45, 7) is 13.4. The largest absolute Gasteiger partial charge is 0.467 e. The fourth-order valence-corrected chi connectivity index (χ4v) is 6.53. The lowest BCUT2D eigenvalue weighted by Crippen LogP contribution is -2.42. The Morgan fingerprint density at radius 1 is 1.05 bits per heavy atom. The lowest BCUT2D eigenvalue weighted by Gasteiger charge is -2.28. The van der Waals surface area contributed by atoms with E-state index in [1.807, 2.05) is 55.3 Å². The van der Waals surface area contributed by atoms with Crippen molar-refractivity contribution in [2.75, 3.05) is 24.9 Å². The standard InChI is InChI=1S/C36H55NO4S2/c1-26(2)14-12-13-15-27(3)32-23-29(18-19-31(32)34(38)37-33(20-21-42-8)35(39)40-7)24-41-30(25-43-36(4,5)6)22-28-16-10-9-11-17-28/h12-15,18-19,23,28,30,33H,9-11,16-17,20-22,24-25H2,1-8H3,(H,37,38)/b13-12-,27-15+/t30-,33?/m0/s1. The van der Waals surface area contributed by atoms with E-state index in [4.69, 9.17) is 9.47 Å². The summed E-state index contributed by atoms with van der Waals surface area (Å²) in [5, 5.41) is 2.93. The maximum atomic E-state index is 13.5. The van der Waals surface area contributed by atoms with E-state index in [0.29, 0.717) is 18.6 Å². The van der Waals surface area contributed by atoms with Crippen LogP contribution in [0.4, 0.5) is 0 Å². The van der Waals surface area contributed by atoms with Crippen molar-refractivity contribution in [2.24, 2.45) is 5.92 Å². The first-order chi connectivity index (χ1) is 20.4. The predicted molar refractivity (Wildman–Crippen MR) is 187 cm³/mol. The van der Waals surface area contributed by atoms with Crippen LogP contribution in [-0.4, -0.2) is 53.6 Å². The predicted octanol–water partition coefficient (Wildman–Crippen LogP) is 9.02. The van der Waals surface area contributed by atoms with E-state index in [0.717, 1.165) is 40.5 Å². The average molecular weight is 630 g/mol. The van der Waals surface area contributed by atoms with Gasteiger partial charge in [0.15, 0.2) is 0 Å². The summed E-state index contributed by atoms with van der Waals surface area (Å²) in [6, 6.07) is 5.22. The van der Waals surface area contributed by atoms with Crippen LogP contribution in [0.3, 0.4) is 0 Å². The Kier molecular flexibility index (Phi) is 16.8. The van der Waals surface area contributed by atoms with E-state index < -0.39 is 12.0 Å². The minimum atomic E-state index is -0.691. The van der Waals surface area contributed by atoms with E-state index in [1.165, 1.54) is 44.8 Å². The third kappa shape index (κ3) is 14.6. The number of methoxy groups -OCH3 is 1. The Balaban J connectivity index is 2.33. The lowest BCUT2D eigenvalue weighted by atomic mass is 9.85. The molecule has 0 saturated heterocycles. The zero-order valence-corrected chi connectivity index (χ0v) is 29.4. The van der Waals surface area contributed by atoms with Crippen molar-refractivity contribution in [3.8, 4) is 0 Å². The summed E-state index contributed by atoms with van der Waals surface area (Å²) >= 11 is 3.60. The zero-order valence-electron chi connectivity index (χ0n) is 27.8. The fraction of sp³-hybridized carbons (Fsp3) is 0.611. The molecule has 1 amide bonds. The Morgan fingerprint density at radius 2 is 1.74 bits per heavy atom. The molecule has 1 saturated carbocycles. The van der Waals surface area contributed by atoms with Gasteiger partial charge in [-0.25, -0.2) is 4.79 Å². The number of carbonyl (C=O) groups excluding carboxylic acids is 2. The fourth-order valence-electron chi connectivity index (χ4n) is 5.14. The van der Waals surface area contributed by atoms with Crippen molar-refractivity contribution in [3.05, 3.63) is 64.8 Å². The number of amides is 1. The van der Waals surface area contributed by atoms with Gasteiger partial charge in [-0.15, -0.1) is 0 Å². The molecule has 5 nitrogen and oxygen atoms in total. The minimum absolute atomic E-state index is 0.190. The van der Waals surface area contributed by atoms with Crippen LogP contribution in [0.15, 0.2) is 48.1 Å². The van der Waals surface area contributed by atoms with Crippen LogP contribution in [-0.2, 0) is 20.9 Å². The topological polar surface area (TPSA) is 64.6 Å². The Bertz CT molecular complexity index is 1110. The van der Waals surface area contributed by atoms with Gasteiger partial charge in [0, 0.05) is 16.1 Å². The molecule has 0 radical (unpaired) electrons. The summed E-state index contributed by atoms with van der Waals surface area (Å²) in [5.41, 5.74) is 4.59. The van der Waals surface area contributed by atoms with E-state index in [-0.39, 0.29) is 16.8 Å². The molecule has 0 heterocycles. The number of nitrogens with one attached hydrogen (secondary N) is 1. The minimum Gasteiger partial charge on any atom is -0.467 e. The summed E-state index contributed by atoms with van der Waals surface area (Å²) in [7, 11) is 1.36. The highest BCUT2D eigenvalue weighted by Crippen LogP contribution is 2.32. The lowest BCUT2D eigenvalue weighted by molar-refractivity contribution is -0.142. The first kappa shape index (κ1) is 37.2. The van der Waals surface area contributed by atoms with Gasteiger partial charge in [0.1, 0.15) is 6.04 Å². The number of allylic oxidation sites excluding steroid dienone is 6. The Morgan fingerprint density at radius 3 is 2.37 bits per heavy atom. The monoisotopic (exact) mass is 629 g/mol. The SMILES string of the molecule is COC(=O)C(CCSC)NC(=O)c1ccc(CO[C@H](CSC(C)(C)C)CC2CCCCC2)cc1/C(C)=C/C=C\C=C(C)C. The smallest absolute Gasteiger partial charge is 0.328 e. The summed E-state index contributed by atoms with van der Waals surface area (Å²) < 4.78 is 11.8. The molecule has 0 aromatic heterocycles. The molecule has 2 rings (SSSR count). The molecule has 1 aromatic rings. The highest BCUT2D eigenvalue weighted by Gasteiger charge is 2.25. The van der Waals surface area contributed by atoms with Crippen molar-refractivity contribution in [1.29, 1.82) is 0 Å². The number of hydrogen-bond donors (Lipinski definition) is 1. The average Bonchev–Trinajstić information content (AvgIpc) is 2.98. The number of benzene rings is 1. The number of ether oxygens (including phenoxy) is 2. The quantitative estimate of drug-likeness (QED) is 0.145. The number of hydrogen-bond acceptors (Lipinski definition) is 6. The Labute approximate surface area is 270 Å². The Hall–Kier alpha value is -1.96. The molecule has 240 valence electrons. The molecule has 2 atom stereocenters. The molecular formula is C36H55NO4S2. The maximum Gasteiger partial charge on any atom is 0.328 e. The molecule has 0 bridgehead atoms. The number of thioether (sulfide) groups is 2. The van der Waals surface area contributed by atoms with Gasteiger partial charge in [0.2, 0.25) is 0 Å². The summed E-state index contributed by atoms with van der Waals surface area (Å²) in [5.74, 6) is 1.76. The summed E-state index contributed by atoms with van der Waals surface area (Å²) in [6.07, 6.45) is 18.5. The van der Waals surface area contributed by atoms with Crippen molar-refractivity contribution in [1.82, 2.24) is 5.32 Å². The molecule has 1 fully saturated rings. The van der Waals surface area contributed by atoms with E-state index >= 15 is 0 Å². The van der Waals surface area contributed by atoms with Crippen LogP contribution >= 0.6 is 23.5 Å². The third-order valence-electron chi connectivity index (χ3n) is 7.55. The molecule has 0 aliphatic heterocycles. The highest BCUT2D eigenvalue weighted by atomic mass is 32.2. The van der Waals surface area contributed by atoms with Crippen molar-refractivity contribution >= 4 is 41.0 Å². The van der Waals surface area contributed by atoms with Crippen molar-refractivity contribution < 1.29 is 19.1 Å². The number of rotatable bonds is 16. The van der Waals surface area contributed by atoms with Crippen LogP contribution in [0.25, 0.3) is 5.57 Å². The summed E-state index contributed by atoms with van der Waals surface area (Å²) in [4.78, 5) is 26.0. The van der Waals surface area contributed by atoms with Gasteiger partial charge in [-0.05, 0) is 80.4 Å². The third-order valence-corrected chi connectivity index (χ3v) is 9.60. The molecule has 1 aliphatic carbocycles. The second-order valence-corrected chi connectivity index (χ2v) is 15.6. The van der Waals surface area contributed by atoms with Crippen molar-refractivity contribution in [2.45, 2.75) is 110 Å². The van der Waals surface area contributed by atoms with Gasteiger partial charge in [0.05, 0.1) is 19.8 Å². The maximum absolute atomic E-state index is 13.5. The number of esters is 1. The van der Waals surface area contributed by atoms with E-state index in [1.54, 1.807) is 11.8 Å². The van der Waals surface area contributed by atoms with Gasteiger partial charge in [-0.3, -0.25) is 4.79 Å². The van der Waals surface area contributed by atoms with E-state index in [2.05, 4.69) is 52.1 Å². The molecule has 1 aliphatic rings. The normalized spacial score (nSPS) is 16.1. The molecule has 1 aromatic carbocycles. The van der Waals surface area contributed by atoms with Gasteiger partial charge in [0.25, 0.3) is 5.91 Å². The first-order valence-electron chi connectivity index (χ1n) is 15.7. The molecule has 1 unspecified atom stereocenters. The van der Waals surface area contributed by atoms with Crippen LogP contribution in [0.1, 0.15) is 108 Å². The molecular weight excluding hydrogens is 575 g/mol. The van der Waals surface area contributed by atoms with Crippen LogP contribution < -0.4 is 5.32 Å². The van der Waals surface area contributed by atoms with Crippen molar-refractivity contribution in [3.63, 3.8) is 0 Å². The molecule has 7 heteroatoms. The second-order valence-electron chi connectivity index (χ2n) is 12.8. The second kappa shape index (κ2) is 19.4. The zero-order chi connectivity index (χ0) is 31.8. The van der Waals surface area contributed by atoms with Crippen LogP contribution in [0.2, 0.25) is 0 Å². The highest BCUT2D eigenvalue weighted by molar-refractivity contribution is 8.00. The van der Waals surface area contributed by atoms with Gasteiger partial charge in [-0.1, -0.05) is 88.8 Å².